The molecule has 0 bridgehead atoms. The number of nitrogen functional groups attached to an aromatic ring is 1. The third-order valence-electron chi connectivity index (χ3n) is 7.21. The van der Waals surface area contributed by atoms with Gasteiger partial charge in [-0.3, -0.25) is 14.1 Å². The monoisotopic (exact) mass is 580 g/mol. The van der Waals surface area contributed by atoms with Crippen LogP contribution in [0.1, 0.15) is 37.4 Å². The fourth-order valence-electron chi connectivity index (χ4n) is 5.25. The normalized spacial score (nSPS) is 17.4. The summed E-state index contributed by atoms with van der Waals surface area (Å²) in [6.45, 7) is 2.03. The number of aryl methyl sites for hydroxylation is 1. The molecule has 5 rings (SSSR count). The zero-order valence-electron chi connectivity index (χ0n) is 22.8. The van der Waals surface area contributed by atoms with Gasteiger partial charge in [0.1, 0.15) is 11.3 Å². The van der Waals surface area contributed by atoms with E-state index in [0.717, 1.165) is 12.8 Å². The first-order valence-electron chi connectivity index (χ1n) is 13.3. The van der Waals surface area contributed by atoms with Gasteiger partial charge < -0.3 is 20.3 Å². The molecule has 0 amide bonds. The number of pyridine rings is 2. The molecule has 3 heterocycles. The molecule has 0 spiro atoms. The standard InChI is InChI=1S/C28H32N6O6S/c1-17-22-15-23(18-14-24(26(39-2)30-16-18)33-41(37,38)21-6-4-3-5-7-21)27(36)34(25(22)32-28(29)31-17)19-8-10-20(11-9-19)40-13-12-35/h3-7,14-16,19-20,33,35H,8-13H2,1-2H3,(H2,29,31,32). The van der Waals surface area contributed by atoms with Gasteiger partial charge in [-0.15, -0.1) is 0 Å². The van der Waals surface area contributed by atoms with Crippen molar-refractivity contribution in [1.82, 2.24) is 19.5 Å². The highest BCUT2D eigenvalue weighted by atomic mass is 32.2. The molecule has 1 fully saturated rings. The molecule has 4 N–H and O–H groups in total. The minimum Gasteiger partial charge on any atom is -0.480 e. The zero-order valence-corrected chi connectivity index (χ0v) is 23.6. The summed E-state index contributed by atoms with van der Waals surface area (Å²) >= 11 is 0. The van der Waals surface area contributed by atoms with Gasteiger partial charge in [-0.05, 0) is 56.9 Å². The lowest BCUT2D eigenvalue weighted by molar-refractivity contribution is 0.00169. The Kier molecular flexibility index (Phi) is 8.20. The number of hydrogen-bond donors (Lipinski definition) is 3. The summed E-state index contributed by atoms with van der Waals surface area (Å²) in [6, 6.07) is 11.0. The van der Waals surface area contributed by atoms with Crippen molar-refractivity contribution in [2.24, 2.45) is 0 Å². The van der Waals surface area contributed by atoms with Gasteiger partial charge in [0, 0.05) is 28.8 Å². The van der Waals surface area contributed by atoms with E-state index in [1.807, 2.05) is 0 Å². The van der Waals surface area contributed by atoms with Crippen LogP contribution in [0.25, 0.3) is 22.2 Å². The lowest BCUT2D eigenvalue weighted by Gasteiger charge is -2.30. The molecule has 0 atom stereocenters. The second kappa shape index (κ2) is 11.8. The number of benzene rings is 1. The number of nitrogens with two attached hydrogens (primary N) is 1. The van der Waals surface area contributed by atoms with Crippen molar-refractivity contribution in [3.63, 3.8) is 0 Å². The number of anilines is 2. The third-order valence-corrected chi connectivity index (χ3v) is 8.59. The number of aromatic nitrogens is 4. The minimum atomic E-state index is -3.95. The highest BCUT2D eigenvalue weighted by molar-refractivity contribution is 7.92. The molecule has 1 aliphatic rings. The maximum absolute atomic E-state index is 14.1. The lowest BCUT2D eigenvalue weighted by atomic mass is 9.92. The molecule has 13 heteroatoms. The molecule has 1 saturated carbocycles. The van der Waals surface area contributed by atoms with Gasteiger partial charge in [-0.2, -0.15) is 4.98 Å². The summed E-state index contributed by atoms with van der Waals surface area (Å²) in [4.78, 5) is 27.3. The Hall–Kier alpha value is -4.07. The molecule has 216 valence electrons. The minimum absolute atomic E-state index is 0.0102. The van der Waals surface area contributed by atoms with Gasteiger partial charge in [0.15, 0.2) is 0 Å². The van der Waals surface area contributed by atoms with Crippen molar-refractivity contribution < 1.29 is 23.0 Å². The summed E-state index contributed by atoms with van der Waals surface area (Å²) in [5.41, 5.74) is 7.52. The zero-order chi connectivity index (χ0) is 29.1. The smallest absolute Gasteiger partial charge is 0.262 e. The number of sulfonamides is 1. The van der Waals surface area contributed by atoms with Crippen molar-refractivity contribution in [3.8, 4) is 17.0 Å². The van der Waals surface area contributed by atoms with E-state index in [2.05, 4.69) is 19.7 Å². The Morgan fingerprint density at radius 1 is 1.12 bits per heavy atom. The number of methoxy groups -OCH3 is 1. The van der Waals surface area contributed by atoms with Crippen LogP contribution in [-0.4, -0.2) is 59.5 Å². The van der Waals surface area contributed by atoms with Crippen molar-refractivity contribution in [3.05, 3.63) is 64.7 Å². The number of nitrogens with zero attached hydrogens (tertiary/aromatic N) is 4. The molecule has 1 aromatic carbocycles. The highest BCUT2D eigenvalue weighted by Crippen LogP contribution is 2.34. The number of fused-ring (bicyclic) bond motifs is 1. The SMILES string of the molecule is COc1ncc(-c2cc3c(C)nc(N)nc3n(C3CCC(OCCO)CC3)c2=O)cc1NS(=O)(=O)c1ccccc1. The van der Waals surface area contributed by atoms with Crippen LogP contribution in [0.4, 0.5) is 11.6 Å². The number of aliphatic hydroxyl groups excluding tert-OH is 1. The van der Waals surface area contributed by atoms with E-state index >= 15 is 0 Å². The second-order valence-corrected chi connectivity index (χ2v) is 11.5. The average molecular weight is 581 g/mol. The van der Waals surface area contributed by atoms with Gasteiger partial charge in [0.2, 0.25) is 11.8 Å². The van der Waals surface area contributed by atoms with Crippen LogP contribution in [0.3, 0.4) is 0 Å². The second-order valence-electron chi connectivity index (χ2n) is 9.86. The molecule has 0 radical (unpaired) electrons. The summed E-state index contributed by atoms with van der Waals surface area (Å²) in [6.07, 6.45) is 4.26. The van der Waals surface area contributed by atoms with Crippen LogP contribution in [0.15, 0.2) is 58.4 Å². The molecule has 3 aromatic heterocycles. The lowest BCUT2D eigenvalue weighted by Crippen LogP contribution is -2.32. The molecule has 4 aromatic rings. The summed E-state index contributed by atoms with van der Waals surface area (Å²) in [7, 11) is -2.57. The molecular weight excluding hydrogens is 548 g/mol. The van der Waals surface area contributed by atoms with Crippen LogP contribution < -0.4 is 20.8 Å². The fraction of sp³-hybridized carbons (Fsp3) is 0.357. The van der Waals surface area contributed by atoms with Crippen molar-refractivity contribution >= 4 is 32.7 Å². The van der Waals surface area contributed by atoms with E-state index in [1.54, 1.807) is 35.8 Å². The van der Waals surface area contributed by atoms with E-state index in [-0.39, 0.29) is 53.3 Å². The maximum atomic E-state index is 14.1. The summed E-state index contributed by atoms with van der Waals surface area (Å²) in [5.74, 6) is 0.127. The number of aliphatic hydroxyl groups is 1. The number of ether oxygens (including phenoxy) is 2. The maximum Gasteiger partial charge on any atom is 0.262 e. The molecule has 41 heavy (non-hydrogen) atoms. The van der Waals surface area contributed by atoms with Crippen LogP contribution in [0, 0.1) is 6.92 Å². The highest BCUT2D eigenvalue weighted by Gasteiger charge is 2.27. The van der Waals surface area contributed by atoms with Crippen molar-refractivity contribution in [2.75, 3.05) is 30.8 Å². The molecule has 1 aliphatic carbocycles. The first-order valence-corrected chi connectivity index (χ1v) is 14.7. The molecular formula is C28H32N6O6S. The summed E-state index contributed by atoms with van der Waals surface area (Å²) in [5, 5.41) is 9.75. The van der Waals surface area contributed by atoms with E-state index in [1.165, 1.54) is 31.5 Å². The van der Waals surface area contributed by atoms with E-state index in [0.29, 0.717) is 40.7 Å². The molecule has 0 unspecified atom stereocenters. The van der Waals surface area contributed by atoms with Crippen LogP contribution in [0.5, 0.6) is 5.88 Å². The van der Waals surface area contributed by atoms with Crippen LogP contribution in [0.2, 0.25) is 0 Å². The van der Waals surface area contributed by atoms with E-state index < -0.39 is 10.0 Å². The predicted octanol–water partition coefficient (Wildman–Crippen LogP) is 3.05. The first-order chi connectivity index (χ1) is 19.7. The largest absolute Gasteiger partial charge is 0.480 e. The van der Waals surface area contributed by atoms with Gasteiger partial charge in [-0.25, -0.2) is 18.4 Å². The first kappa shape index (κ1) is 28.5. The van der Waals surface area contributed by atoms with E-state index in [9.17, 15) is 13.2 Å². The van der Waals surface area contributed by atoms with Gasteiger partial charge in [-0.1, -0.05) is 18.2 Å². The average Bonchev–Trinajstić information content (AvgIpc) is 2.96. The quantitative estimate of drug-likeness (QED) is 0.267. The van der Waals surface area contributed by atoms with Gasteiger partial charge in [0.05, 0.1) is 37.0 Å². The fourth-order valence-corrected chi connectivity index (χ4v) is 6.31. The summed E-state index contributed by atoms with van der Waals surface area (Å²) < 4.78 is 41.4. The van der Waals surface area contributed by atoms with Gasteiger partial charge >= 0.3 is 0 Å². The number of hydrogen-bond acceptors (Lipinski definition) is 10. The number of nitrogens with one attached hydrogen (secondary N) is 1. The predicted molar refractivity (Wildman–Crippen MR) is 154 cm³/mol. The Morgan fingerprint density at radius 2 is 1.85 bits per heavy atom. The van der Waals surface area contributed by atoms with Gasteiger partial charge in [0.25, 0.3) is 15.6 Å². The Bertz CT molecular complexity index is 1720. The topological polar surface area (TPSA) is 172 Å². The van der Waals surface area contributed by atoms with Crippen molar-refractivity contribution in [2.45, 2.75) is 49.6 Å². The molecule has 0 aliphatic heterocycles. The van der Waals surface area contributed by atoms with Crippen molar-refractivity contribution in [1.29, 1.82) is 0 Å². The Labute approximate surface area is 237 Å². The van der Waals surface area contributed by atoms with E-state index in [4.69, 9.17) is 20.3 Å². The molecule has 12 nitrogen and oxygen atoms in total. The Balaban J connectivity index is 1.61. The van der Waals surface area contributed by atoms with Crippen LogP contribution in [-0.2, 0) is 14.8 Å². The Morgan fingerprint density at radius 3 is 2.54 bits per heavy atom. The molecule has 0 saturated heterocycles. The van der Waals surface area contributed by atoms with Crippen LogP contribution >= 0.6 is 0 Å². The number of rotatable bonds is 9. The third kappa shape index (κ3) is 5.87.